The van der Waals surface area contributed by atoms with Crippen molar-refractivity contribution in [3.05, 3.63) is 70.5 Å². The van der Waals surface area contributed by atoms with E-state index in [1.165, 1.54) is 11.6 Å². The lowest BCUT2D eigenvalue weighted by Gasteiger charge is -2.25. The van der Waals surface area contributed by atoms with Crippen LogP contribution in [0.3, 0.4) is 0 Å². The second-order valence-electron chi connectivity index (χ2n) is 4.98. The molecule has 0 heterocycles. The van der Waals surface area contributed by atoms with Crippen LogP contribution in [0.25, 0.3) is 0 Å². The standard InChI is InChI=1S/C16H15FO/c1-11-10-13(6-7-15(11)17)16(18)9-8-12-4-2-3-5-14(12)16/h2-7,10,18H,8-9H2,1H3. The lowest BCUT2D eigenvalue weighted by Crippen LogP contribution is -2.24. The average Bonchev–Trinajstić information content (AvgIpc) is 2.73. The maximum atomic E-state index is 13.3. The highest BCUT2D eigenvalue weighted by Crippen LogP contribution is 2.42. The third kappa shape index (κ3) is 1.57. The molecule has 0 saturated heterocycles. The molecule has 2 aromatic rings. The van der Waals surface area contributed by atoms with E-state index in [1.54, 1.807) is 19.1 Å². The summed E-state index contributed by atoms with van der Waals surface area (Å²) in [6, 6.07) is 12.8. The summed E-state index contributed by atoms with van der Waals surface area (Å²) in [6.07, 6.45) is 1.53. The highest BCUT2D eigenvalue weighted by molar-refractivity contribution is 5.45. The molecule has 3 rings (SSSR count). The van der Waals surface area contributed by atoms with Crippen LogP contribution in [-0.2, 0) is 12.0 Å². The maximum Gasteiger partial charge on any atom is 0.126 e. The summed E-state index contributed by atoms with van der Waals surface area (Å²) in [5, 5.41) is 10.9. The Morgan fingerprint density at radius 2 is 1.94 bits per heavy atom. The van der Waals surface area contributed by atoms with Gasteiger partial charge in [0.1, 0.15) is 11.4 Å². The van der Waals surface area contributed by atoms with E-state index in [2.05, 4.69) is 0 Å². The minimum atomic E-state index is -0.963. The van der Waals surface area contributed by atoms with Gasteiger partial charge in [-0.25, -0.2) is 4.39 Å². The van der Waals surface area contributed by atoms with E-state index in [1.807, 2.05) is 24.3 Å². The zero-order chi connectivity index (χ0) is 12.8. The molecule has 0 amide bonds. The van der Waals surface area contributed by atoms with E-state index < -0.39 is 5.60 Å². The SMILES string of the molecule is Cc1cc(C2(O)CCc3ccccc32)ccc1F. The summed E-state index contributed by atoms with van der Waals surface area (Å²) in [6.45, 7) is 1.73. The van der Waals surface area contributed by atoms with Crippen molar-refractivity contribution in [2.24, 2.45) is 0 Å². The largest absolute Gasteiger partial charge is 0.380 e. The molecule has 1 N–H and O–H groups in total. The molecule has 18 heavy (non-hydrogen) atoms. The van der Waals surface area contributed by atoms with E-state index in [9.17, 15) is 9.50 Å². The van der Waals surface area contributed by atoms with Gasteiger partial charge in [-0.15, -0.1) is 0 Å². The normalized spacial score (nSPS) is 21.9. The highest BCUT2D eigenvalue weighted by atomic mass is 19.1. The van der Waals surface area contributed by atoms with Gasteiger partial charge in [-0.3, -0.25) is 0 Å². The molecule has 1 unspecified atom stereocenters. The van der Waals surface area contributed by atoms with Crippen molar-refractivity contribution in [1.29, 1.82) is 0 Å². The number of hydrogen-bond acceptors (Lipinski definition) is 1. The molecule has 0 aromatic heterocycles. The van der Waals surface area contributed by atoms with Crippen molar-refractivity contribution >= 4 is 0 Å². The number of rotatable bonds is 1. The van der Waals surface area contributed by atoms with Crippen LogP contribution in [0.2, 0.25) is 0 Å². The number of halogens is 1. The average molecular weight is 242 g/mol. The molecule has 1 nitrogen and oxygen atoms in total. The van der Waals surface area contributed by atoms with Crippen molar-refractivity contribution in [2.45, 2.75) is 25.4 Å². The molecule has 1 atom stereocenters. The van der Waals surface area contributed by atoms with Gasteiger partial charge in [0.2, 0.25) is 0 Å². The van der Waals surface area contributed by atoms with E-state index in [-0.39, 0.29) is 5.82 Å². The molecule has 0 fully saturated rings. The summed E-state index contributed by atoms with van der Waals surface area (Å²) >= 11 is 0. The van der Waals surface area contributed by atoms with Crippen LogP contribution in [0.4, 0.5) is 4.39 Å². The topological polar surface area (TPSA) is 20.2 Å². The molecule has 0 aliphatic heterocycles. The fraction of sp³-hybridized carbons (Fsp3) is 0.250. The van der Waals surface area contributed by atoms with E-state index in [0.29, 0.717) is 12.0 Å². The van der Waals surface area contributed by atoms with Crippen LogP contribution < -0.4 is 0 Å². The van der Waals surface area contributed by atoms with Crippen molar-refractivity contribution in [1.82, 2.24) is 0 Å². The number of fused-ring (bicyclic) bond motifs is 1. The van der Waals surface area contributed by atoms with Crippen LogP contribution in [0.15, 0.2) is 42.5 Å². The lowest BCUT2D eigenvalue weighted by atomic mass is 9.87. The molecule has 0 saturated carbocycles. The van der Waals surface area contributed by atoms with Crippen molar-refractivity contribution in [3.63, 3.8) is 0 Å². The zero-order valence-corrected chi connectivity index (χ0v) is 10.3. The lowest BCUT2D eigenvalue weighted by molar-refractivity contribution is 0.0828. The summed E-state index contributed by atoms with van der Waals surface area (Å²) in [5.41, 5.74) is 2.53. The first-order valence-electron chi connectivity index (χ1n) is 6.19. The second-order valence-corrected chi connectivity index (χ2v) is 4.98. The molecule has 92 valence electrons. The predicted octanol–water partition coefficient (Wildman–Crippen LogP) is 3.32. The maximum absolute atomic E-state index is 13.3. The van der Waals surface area contributed by atoms with Gasteiger partial charge in [0.15, 0.2) is 0 Å². The van der Waals surface area contributed by atoms with E-state index >= 15 is 0 Å². The van der Waals surface area contributed by atoms with Gasteiger partial charge in [0, 0.05) is 0 Å². The smallest absolute Gasteiger partial charge is 0.126 e. The molecule has 2 heteroatoms. The first kappa shape index (κ1) is 11.4. The summed E-state index contributed by atoms with van der Waals surface area (Å²) in [5.74, 6) is -0.228. The van der Waals surface area contributed by atoms with Crippen LogP contribution in [0.1, 0.15) is 28.7 Å². The molecule has 1 aliphatic carbocycles. The summed E-state index contributed by atoms with van der Waals surface area (Å²) in [4.78, 5) is 0. The van der Waals surface area contributed by atoms with Crippen molar-refractivity contribution in [3.8, 4) is 0 Å². The van der Waals surface area contributed by atoms with Gasteiger partial charge >= 0.3 is 0 Å². The number of benzene rings is 2. The van der Waals surface area contributed by atoms with Crippen molar-refractivity contribution < 1.29 is 9.50 Å². The molecular formula is C16H15FO. The number of aryl methyl sites for hydroxylation is 2. The fourth-order valence-corrected chi connectivity index (χ4v) is 2.79. The molecular weight excluding hydrogens is 227 g/mol. The van der Waals surface area contributed by atoms with Crippen molar-refractivity contribution in [2.75, 3.05) is 0 Å². The zero-order valence-electron chi connectivity index (χ0n) is 10.3. The Labute approximate surface area is 106 Å². The predicted molar refractivity (Wildman–Crippen MR) is 68.9 cm³/mol. The van der Waals surface area contributed by atoms with Crippen LogP contribution in [-0.4, -0.2) is 5.11 Å². The molecule has 2 aromatic carbocycles. The Morgan fingerprint density at radius 1 is 1.17 bits per heavy atom. The van der Waals surface area contributed by atoms with Crippen LogP contribution >= 0.6 is 0 Å². The quantitative estimate of drug-likeness (QED) is 0.813. The van der Waals surface area contributed by atoms with E-state index in [0.717, 1.165) is 17.5 Å². The third-order valence-corrected chi connectivity index (χ3v) is 3.85. The Kier molecular flexibility index (Phi) is 2.49. The summed E-state index contributed by atoms with van der Waals surface area (Å²) in [7, 11) is 0. The second kappa shape index (κ2) is 3.92. The Morgan fingerprint density at radius 3 is 2.72 bits per heavy atom. The minimum absolute atomic E-state index is 0.228. The third-order valence-electron chi connectivity index (χ3n) is 3.85. The molecule has 0 bridgehead atoms. The number of hydrogen-bond donors (Lipinski definition) is 1. The van der Waals surface area contributed by atoms with Crippen LogP contribution in [0, 0.1) is 12.7 Å². The monoisotopic (exact) mass is 242 g/mol. The molecule has 0 radical (unpaired) electrons. The molecule has 0 spiro atoms. The first-order chi connectivity index (χ1) is 8.61. The van der Waals surface area contributed by atoms with Gasteiger partial charge in [0.25, 0.3) is 0 Å². The fourth-order valence-electron chi connectivity index (χ4n) is 2.79. The van der Waals surface area contributed by atoms with Crippen LogP contribution in [0.5, 0.6) is 0 Å². The van der Waals surface area contributed by atoms with Gasteiger partial charge in [0.05, 0.1) is 0 Å². The summed E-state index contributed by atoms with van der Waals surface area (Å²) < 4.78 is 13.3. The minimum Gasteiger partial charge on any atom is -0.380 e. The highest BCUT2D eigenvalue weighted by Gasteiger charge is 2.38. The van der Waals surface area contributed by atoms with Gasteiger partial charge < -0.3 is 5.11 Å². The Bertz CT molecular complexity index is 606. The Balaban J connectivity index is 2.14. The van der Waals surface area contributed by atoms with Gasteiger partial charge in [-0.1, -0.05) is 30.3 Å². The van der Waals surface area contributed by atoms with Gasteiger partial charge in [-0.05, 0) is 54.2 Å². The van der Waals surface area contributed by atoms with E-state index in [4.69, 9.17) is 0 Å². The number of aliphatic hydroxyl groups is 1. The van der Waals surface area contributed by atoms with Gasteiger partial charge in [-0.2, -0.15) is 0 Å². The molecule has 1 aliphatic rings. The Hall–Kier alpha value is -1.67. The first-order valence-corrected chi connectivity index (χ1v) is 6.19.